The normalized spacial score (nSPS) is 20.3. The standard InChI is InChI=1S/C19H19F3N4O4/c20-3-4-30-24-14-8-25(7-13(14)23)17-12(21)5-10-16(15(17)22)26(9-1-2-9)6-11(18(10)27)19(28)29/h5-6,9,13H,1-4,7-8,23H2,(H,28,29)/b24-14+. The number of rotatable bonds is 6. The van der Waals surface area contributed by atoms with Crippen molar-refractivity contribution in [2.75, 3.05) is 31.3 Å². The molecule has 2 aromatic rings. The van der Waals surface area contributed by atoms with Crippen molar-refractivity contribution in [2.45, 2.75) is 24.9 Å². The molecule has 1 aromatic carbocycles. The second-order valence-electron chi connectivity index (χ2n) is 7.32. The molecule has 0 spiro atoms. The topological polar surface area (TPSA) is 110 Å². The number of carboxylic acid groups (broad SMARTS) is 1. The molecule has 0 radical (unpaired) electrons. The SMILES string of the molecule is NC1CN(c2c(F)cc3c(=O)c(C(=O)O)cn(C4CC4)c3c2F)C/C1=N\OCCF. The number of carbonyl (C=O) groups is 1. The van der Waals surface area contributed by atoms with Crippen LogP contribution in [0.1, 0.15) is 29.2 Å². The highest BCUT2D eigenvalue weighted by molar-refractivity contribution is 5.98. The fourth-order valence-corrected chi connectivity index (χ4v) is 3.66. The van der Waals surface area contributed by atoms with Gasteiger partial charge < -0.3 is 25.1 Å². The van der Waals surface area contributed by atoms with Gasteiger partial charge in [0.05, 0.1) is 29.2 Å². The predicted octanol–water partition coefficient (Wildman–Crippen LogP) is 1.80. The van der Waals surface area contributed by atoms with E-state index in [2.05, 4.69) is 5.16 Å². The van der Waals surface area contributed by atoms with Gasteiger partial charge in [0.25, 0.3) is 0 Å². The molecule has 160 valence electrons. The molecule has 2 aliphatic rings. The van der Waals surface area contributed by atoms with Crippen molar-refractivity contribution in [2.24, 2.45) is 10.9 Å². The summed E-state index contributed by atoms with van der Waals surface area (Å²) in [5, 5.41) is 12.7. The number of aromatic carboxylic acids is 1. The lowest BCUT2D eigenvalue weighted by Crippen LogP contribution is -2.30. The van der Waals surface area contributed by atoms with Crippen LogP contribution in [-0.2, 0) is 4.84 Å². The third-order valence-electron chi connectivity index (χ3n) is 5.22. The molecule has 11 heteroatoms. The van der Waals surface area contributed by atoms with Crippen molar-refractivity contribution < 1.29 is 27.9 Å². The molecule has 1 aliphatic carbocycles. The number of nitrogens with two attached hydrogens (primary N) is 1. The summed E-state index contributed by atoms with van der Waals surface area (Å²) in [5.74, 6) is -3.44. The number of carboxylic acids is 1. The van der Waals surface area contributed by atoms with E-state index in [1.165, 1.54) is 9.47 Å². The Bertz CT molecular complexity index is 1110. The van der Waals surface area contributed by atoms with Gasteiger partial charge in [0.2, 0.25) is 5.43 Å². The minimum absolute atomic E-state index is 0.0341. The van der Waals surface area contributed by atoms with Crippen LogP contribution in [0, 0.1) is 11.6 Å². The number of anilines is 1. The molecule has 1 saturated carbocycles. The molecule has 2 fully saturated rings. The monoisotopic (exact) mass is 424 g/mol. The van der Waals surface area contributed by atoms with Crippen LogP contribution >= 0.6 is 0 Å². The van der Waals surface area contributed by atoms with Crippen LogP contribution in [0.25, 0.3) is 10.9 Å². The number of hydrogen-bond acceptors (Lipinski definition) is 6. The van der Waals surface area contributed by atoms with Gasteiger partial charge in [-0.15, -0.1) is 0 Å². The first-order valence-electron chi connectivity index (χ1n) is 9.38. The number of pyridine rings is 1. The molecule has 3 N–H and O–H groups in total. The summed E-state index contributed by atoms with van der Waals surface area (Å²) in [5.41, 5.74) is 4.25. The highest BCUT2D eigenvalue weighted by atomic mass is 19.1. The first-order chi connectivity index (χ1) is 14.3. The summed E-state index contributed by atoms with van der Waals surface area (Å²) in [6.45, 7) is -0.985. The number of halogens is 3. The fourth-order valence-electron chi connectivity index (χ4n) is 3.66. The van der Waals surface area contributed by atoms with Gasteiger partial charge in [0.1, 0.15) is 30.3 Å². The number of alkyl halides is 1. The molecule has 0 bridgehead atoms. The Balaban J connectivity index is 1.84. The second-order valence-corrected chi connectivity index (χ2v) is 7.32. The number of benzene rings is 1. The number of hydrogen-bond donors (Lipinski definition) is 2. The predicted molar refractivity (Wildman–Crippen MR) is 103 cm³/mol. The van der Waals surface area contributed by atoms with E-state index in [0.29, 0.717) is 18.6 Å². The Morgan fingerprint density at radius 3 is 2.73 bits per heavy atom. The second kappa shape index (κ2) is 7.63. The highest BCUT2D eigenvalue weighted by Crippen LogP contribution is 2.39. The maximum absolute atomic E-state index is 15.6. The molecule has 30 heavy (non-hydrogen) atoms. The van der Waals surface area contributed by atoms with Crippen molar-refractivity contribution in [3.8, 4) is 0 Å². The zero-order valence-corrected chi connectivity index (χ0v) is 15.8. The van der Waals surface area contributed by atoms with E-state index < -0.39 is 41.3 Å². The maximum Gasteiger partial charge on any atom is 0.341 e. The molecule has 1 aromatic heterocycles. The average Bonchev–Trinajstić information content (AvgIpc) is 3.47. The van der Waals surface area contributed by atoms with Crippen LogP contribution in [0.5, 0.6) is 0 Å². The number of fused-ring (bicyclic) bond motifs is 1. The van der Waals surface area contributed by atoms with Crippen molar-refractivity contribution in [3.63, 3.8) is 0 Å². The number of aromatic nitrogens is 1. The molecule has 4 rings (SSSR count). The Hall–Kier alpha value is -3.08. The van der Waals surface area contributed by atoms with E-state index in [-0.39, 0.29) is 42.3 Å². The maximum atomic E-state index is 15.6. The minimum Gasteiger partial charge on any atom is -0.477 e. The van der Waals surface area contributed by atoms with Gasteiger partial charge in [-0.05, 0) is 18.9 Å². The smallest absolute Gasteiger partial charge is 0.341 e. The van der Waals surface area contributed by atoms with Gasteiger partial charge in [0, 0.05) is 18.8 Å². The van der Waals surface area contributed by atoms with E-state index in [9.17, 15) is 23.5 Å². The average molecular weight is 424 g/mol. The van der Waals surface area contributed by atoms with Gasteiger partial charge in [-0.25, -0.2) is 18.0 Å². The van der Waals surface area contributed by atoms with E-state index in [1.807, 2.05) is 0 Å². The van der Waals surface area contributed by atoms with Crippen molar-refractivity contribution in [3.05, 3.63) is 39.7 Å². The van der Waals surface area contributed by atoms with Crippen LogP contribution in [-0.4, -0.2) is 53.8 Å². The van der Waals surface area contributed by atoms with E-state index in [1.54, 1.807) is 0 Å². The molecular formula is C19H19F3N4O4. The molecule has 2 heterocycles. The lowest BCUT2D eigenvalue weighted by atomic mass is 10.1. The molecule has 1 saturated heterocycles. The summed E-state index contributed by atoms with van der Waals surface area (Å²) in [7, 11) is 0. The van der Waals surface area contributed by atoms with Crippen LogP contribution in [0.15, 0.2) is 22.2 Å². The summed E-state index contributed by atoms with van der Waals surface area (Å²) in [6, 6.07) is 0.0342. The van der Waals surface area contributed by atoms with Gasteiger partial charge in [-0.2, -0.15) is 0 Å². The van der Waals surface area contributed by atoms with Crippen LogP contribution in [0.2, 0.25) is 0 Å². The molecule has 0 amide bonds. The first kappa shape index (κ1) is 20.2. The highest BCUT2D eigenvalue weighted by Gasteiger charge is 2.34. The van der Waals surface area contributed by atoms with E-state index in [0.717, 1.165) is 12.3 Å². The molecule has 1 aliphatic heterocycles. The third kappa shape index (κ3) is 3.38. The first-order valence-corrected chi connectivity index (χ1v) is 9.38. The van der Waals surface area contributed by atoms with Crippen molar-refractivity contribution >= 4 is 28.3 Å². The van der Waals surface area contributed by atoms with Crippen molar-refractivity contribution in [1.82, 2.24) is 4.57 Å². The minimum atomic E-state index is -1.46. The third-order valence-corrected chi connectivity index (χ3v) is 5.22. The molecule has 8 nitrogen and oxygen atoms in total. The zero-order chi connectivity index (χ0) is 21.6. The molecule has 1 atom stereocenters. The van der Waals surface area contributed by atoms with Crippen LogP contribution < -0.4 is 16.1 Å². The fraction of sp³-hybridized carbons (Fsp3) is 0.421. The van der Waals surface area contributed by atoms with Gasteiger partial charge >= 0.3 is 5.97 Å². The zero-order valence-electron chi connectivity index (χ0n) is 15.8. The summed E-state index contributed by atoms with van der Waals surface area (Å²) in [4.78, 5) is 30.1. The lowest BCUT2D eigenvalue weighted by Gasteiger charge is -2.21. The number of oxime groups is 1. The summed E-state index contributed by atoms with van der Waals surface area (Å²) >= 11 is 0. The van der Waals surface area contributed by atoms with E-state index in [4.69, 9.17) is 10.6 Å². The van der Waals surface area contributed by atoms with Gasteiger partial charge in [-0.1, -0.05) is 5.16 Å². The Morgan fingerprint density at radius 2 is 2.10 bits per heavy atom. The summed E-state index contributed by atoms with van der Waals surface area (Å²) < 4.78 is 44.0. The Kier molecular flexibility index (Phi) is 5.14. The lowest BCUT2D eigenvalue weighted by molar-refractivity contribution is 0.0694. The number of nitrogens with zero attached hydrogens (tertiary/aromatic N) is 3. The van der Waals surface area contributed by atoms with Crippen molar-refractivity contribution in [1.29, 1.82) is 0 Å². The van der Waals surface area contributed by atoms with E-state index >= 15 is 4.39 Å². The Labute approximate surface area is 168 Å². The van der Waals surface area contributed by atoms with Gasteiger partial charge in [0.15, 0.2) is 5.82 Å². The quantitative estimate of drug-likeness (QED) is 0.541. The summed E-state index contributed by atoms with van der Waals surface area (Å²) in [6.07, 6.45) is 2.50. The largest absolute Gasteiger partial charge is 0.477 e. The van der Waals surface area contributed by atoms with Crippen LogP contribution in [0.3, 0.4) is 0 Å². The van der Waals surface area contributed by atoms with Crippen LogP contribution in [0.4, 0.5) is 18.9 Å². The van der Waals surface area contributed by atoms with Gasteiger partial charge in [-0.3, -0.25) is 4.79 Å². The molecular weight excluding hydrogens is 405 g/mol. The Morgan fingerprint density at radius 1 is 1.37 bits per heavy atom. The molecule has 1 unspecified atom stereocenters.